The van der Waals surface area contributed by atoms with Gasteiger partial charge in [-0.1, -0.05) is 12.1 Å². The summed E-state index contributed by atoms with van der Waals surface area (Å²) in [7, 11) is 0. The zero-order valence-electron chi connectivity index (χ0n) is 9.44. The van der Waals surface area contributed by atoms with Crippen LogP contribution < -0.4 is 5.32 Å². The number of benzene rings is 1. The van der Waals surface area contributed by atoms with E-state index in [0.29, 0.717) is 0 Å². The summed E-state index contributed by atoms with van der Waals surface area (Å²) in [5.74, 6) is -0.134. The van der Waals surface area contributed by atoms with Crippen LogP contribution in [0, 0.1) is 0 Å². The Kier molecular flexibility index (Phi) is 3.97. The molecule has 0 saturated heterocycles. The topological polar surface area (TPSA) is 42.0 Å². The number of hydrogen-bond donors (Lipinski definition) is 1. The second-order valence-electron chi connectivity index (χ2n) is 3.88. The van der Waals surface area contributed by atoms with Gasteiger partial charge in [0.1, 0.15) is 5.88 Å². The van der Waals surface area contributed by atoms with Gasteiger partial charge >= 0.3 is 0 Å². The van der Waals surface area contributed by atoms with Gasteiger partial charge in [-0.15, -0.1) is 22.9 Å². The van der Waals surface area contributed by atoms with Crippen molar-refractivity contribution < 1.29 is 4.79 Å². The smallest absolute Gasteiger partial charge is 0.235 e. The van der Waals surface area contributed by atoms with E-state index in [1.54, 1.807) is 11.3 Å². The predicted molar refractivity (Wildman–Crippen MR) is 71.6 cm³/mol. The van der Waals surface area contributed by atoms with Crippen LogP contribution in [-0.4, -0.2) is 22.8 Å². The summed E-state index contributed by atoms with van der Waals surface area (Å²) in [6, 6.07) is 8.09. The minimum atomic E-state index is -0.139. The lowest BCUT2D eigenvalue weighted by Crippen LogP contribution is -2.34. The molecule has 1 N–H and O–H groups in total. The number of carbonyl (C=O) groups excluding carboxylic acids is 1. The van der Waals surface area contributed by atoms with Gasteiger partial charge in [-0.3, -0.25) is 4.79 Å². The first-order chi connectivity index (χ1) is 8.19. The maximum atomic E-state index is 11.1. The number of carbonyl (C=O) groups is 1. The summed E-state index contributed by atoms with van der Waals surface area (Å²) in [5, 5.41) is 3.85. The van der Waals surface area contributed by atoms with Gasteiger partial charge in [-0.2, -0.15) is 0 Å². The molecule has 0 bridgehead atoms. The Labute approximate surface area is 109 Å². The van der Waals surface area contributed by atoms with Crippen LogP contribution in [0.4, 0.5) is 0 Å². The van der Waals surface area contributed by atoms with E-state index in [0.717, 1.165) is 16.9 Å². The van der Waals surface area contributed by atoms with Crippen LogP contribution in [0.15, 0.2) is 24.3 Å². The summed E-state index contributed by atoms with van der Waals surface area (Å²) in [6.07, 6.45) is 0.738. The molecule has 0 fully saturated rings. The van der Waals surface area contributed by atoms with Crippen LogP contribution in [-0.2, 0) is 11.2 Å². The van der Waals surface area contributed by atoms with Gasteiger partial charge in [-0.25, -0.2) is 4.98 Å². The van der Waals surface area contributed by atoms with E-state index < -0.39 is 0 Å². The Morgan fingerprint density at radius 3 is 3.00 bits per heavy atom. The number of aromatic nitrogens is 1. The van der Waals surface area contributed by atoms with E-state index in [4.69, 9.17) is 11.6 Å². The molecule has 1 aromatic heterocycles. The van der Waals surface area contributed by atoms with Crippen molar-refractivity contribution >= 4 is 39.1 Å². The van der Waals surface area contributed by atoms with Crippen molar-refractivity contribution in [3.05, 3.63) is 29.3 Å². The molecule has 3 nitrogen and oxygen atoms in total. The minimum absolute atomic E-state index is 0.00415. The number of thiazole rings is 1. The van der Waals surface area contributed by atoms with Gasteiger partial charge < -0.3 is 5.32 Å². The summed E-state index contributed by atoms with van der Waals surface area (Å²) in [4.78, 5) is 15.6. The molecule has 0 aliphatic carbocycles. The Bertz CT molecular complexity index is 493. The lowest BCUT2D eigenvalue weighted by atomic mass is 10.2. The molecule has 0 radical (unpaired) electrons. The molecular formula is C12H13ClN2OS. The van der Waals surface area contributed by atoms with Crippen molar-refractivity contribution in [1.82, 2.24) is 10.3 Å². The summed E-state index contributed by atoms with van der Waals surface area (Å²) in [5.41, 5.74) is 1.02. The molecule has 1 unspecified atom stereocenters. The predicted octanol–water partition coefficient (Wildman–Crippen LogP) is 2.58. The van der Waals surface area contributed by atoms with E-state index in [-0.39, 0.29) is 17.8 Å². The van der Waals surface area contributed by atoms with Gasteiger partial charge in [0, 0.05) is 12.5 Å². The van der Waals surface area contributed by atoms with E-state index in [1.165, 1.54) is 4.70 Å². The molecule has 90 valence electrons. The van der Waals surface area contributed by atoms with Crippen molar-refractivity contribution in [3.63, 3.8) is 0 Å². The van der Waals surface area contributed by atoms with Crippen LogP contribution in [0.5, 0.6) is 0 Å². The summed E-state index contributed by atoms with van der Waals surface area (Å²) >= 11 is 7.10. The third-order valence-corrected chi connectivity index (χ3v) is 3.65. The second kappa shape index (κ2) is 5.47. The maximum Gasteiger partial charge on any atom is 0.235 e. The van der Waals surface area contributed by atoms with Gasteiger partial charge in [0.15, 0.2) is 0 Å². The Morgan fingerprint density at radius 1 is 1.53 bits per heavy atom. The Hall–Kier alpha value is -1.13. The highest BCUT2D eigenvalue weighted by atomic mass is 35.5. The van der Waals surface area contributed by atoms with Gasteiger partial charge in [-0.05, 0) is 19.1 Å². The molecule has 0 aliphatic heterocycles. The fourth-order valence-electron chi connectivity index (χ4n) is 1.63. The normalized spacial score (nSPS) is 12.6. The highest BCUT2D eigenvalue weighted by Gasteiger charge is 2.10. The van der Waals surface area contributed by atoms with Crippen molar-refractivity contribution in [2.45, 2.75) is 19.4 Å². The molecule has 0 aliphatic rings. The Balaban J connectivity index is 2.05. The first kappa shape index (κ1) is 12.3. The SMILES string of the molecule is CC(Cc1nc2ccccc2s1)NC(=O)CCl. The third-order valence-electron chi connectivity index (χ3n) is 2.35. The number of rotatable bonds is 4. The van der Waals surface area contributed by atoms with Gasteiger partial charge in [0.05, 0.1) is 15.2 Å². The molecule has 2 rings (SSSR count). The average Bonchev–Trinajstić information content (AvgIpc) is 2.70. The number of para-hydroxylation sites is 1. The van der Waals surface area contributed by atoms with E-state index in [1.807, 2.05) is 25.1 Å². The van der Waals surface area contributed by atoms with Crippen LogP contribution in [0.25, 0.3) is 10.2 Å². The molecule has 0 spiro atoms. The zero-order valence-corrected chi connectivity index (χ0v) is 11.0. The fraction of sp³-hybridized carbons (Fsp3) is 0.333. The lowest BCUT2D eigenvalue weighted by molar-refractivity contribution is -0.119. The van der Waals surface area contributed by atoms with Crippen molar-refractivity contribution in [3.8, 4) is 0 Å². The quantitative estimate of drug-likeness (QED) is 0.866. The molecular weight excluding hydrogens is 256 g/mol. The molecule has 1 amide bonds. The number of nitrogens with one attached hydrogen (secondary N) is 1. The number of nitrogens with zero attached hydrogens (tertiary/aromatic N) is 1. The van der Waals surface area contributed by atoms with E-state index >= 15 is 0 Å². The molecule has 1 heterocycles. The van der Waals surface area contributed by atoms with E-state index in [2.05, 4.69) is 16.4 Å². The second-order valence-corrected chi connectivity index (χ2v) is 5.26. The molecule has 0 saturated carbocycles. The van der Waals surface area contributed by atoms with Gasteiger partial charge in [0.25, 0.3) is 0 Å². The first-order valence-corrected chi connectivity index (χ1v) is 6.74. The Morgan fingerprint density at radius 2 is 2.29 bits per heavy atom. The van der Waals surface area contributed by atoms with Crippen LogP contribution >= 0.6 is 22.9 Å². The molecule has 2 aromatic rings. The number of alkyl halides is 1. The number of hydrogen-bond acceptors (Lipinski definition) is 3. The monoisotopic (exact) mass is 268 g/mol. The number of amides is 1. The van der Waals surface area contributed by atoms with Gasteiger partial charge in [0.2, 0.25) is 5.91 Å². The van der Waals surface area contributed by atoms with E-state index in [9.17, 15) is 4.79 Å². The standard InChI is InChI=1S/C12H13ClN2OS/c1-8(14-11(16)7-13)6-12-15-9-4-2-3-5-10(9)17-12/h2-5,8H,6-7H2,1H3,(H,14,16). The van der Waals surface area contributed by atoms with Crippen molar-refractivity contribution in [1.29, 1.82) is 0 Å². The molecule has 17 heavy (non-hydrogen) atoms. The largest absolute Gasteiger partial charge is 0.352 e. The summed E-state index contributed by atoms with van der Waals surface area (Å²) < 4.78 is 1.18. The van der Waals surface area contributed by atoms with Crippen LogP contribution in [0.2, 0.25) is 0 Å². The minimum Gasteiger partial charge on any atom is -0.352 e. The summed E-state index contributed by atoms with van der Waals surface area (Å²) in [6.45, 7) is 1.95. The average molecular weight is 269 g/mol. The maximum absolute atomic E-state index is 11.1. The van der Waals surface area contributed by atoms with Crippen molar-refractivity contribution in [2.24, 2.45) is 0 Å². The number of halogens is 1. The molecule has 5 heteroatoms. The highest BCUT2D eigenvalue weighted by Crippen LogP contribution is 2.22. The first-order valence-electron chi connectivity index (χ1n) is 5.39. The highest BCUT2D eigenvalue weighted by molar-refractivity contribution is 7.18. The molecule has 1 atom stereocenters. The fourth-order valence-corrected chi connectivity index (χ4v) is 2.81. The van der Waals surface area contributed by atoms with Crippen LogP contribution in [0.3, 0.4) is 0 Å². The van der Waals surface area contributed by atoms with Crippen LogP contribution in [0.1, 0.15) is 11.9 Å². The number of fused-ring (bicyclic) bond motifs is 1. The lowest BCUT2D eigenvalue weighted by Gasteiger charge is -2.10. The zero-order chi connectivity index (χ0) is 12.3. The van der Waals surface area contributed by atoms with Crippen molar-refractivity contribution in [2.75, 3.05) is 5.88 Å². The molecule has 1 aromatic carbocycles. The third kappa shape index (κ3) is 3.17.